The average molecular weight is 361 g/mol. The number of benzene rings is 1. The molecule has 138 valence electrons. The lowest BCUT2D eigenvalue weighted by Gasteiger charge is -2.47. The van der Waals surface area contributed by atoms with Gasteiger partial charge in [-0.3, -0.25) is 20.4 Å². The first-order chi connectivity index (χ1) is 13.2. The lowest BCUT2D eigenvalue weighted by Crippen LogP contribution is -2.52. The number of aromatic nitrogens is 1. The molecular formula is C22H23N3O2. The number of hydrogen-bond donors (Lipinski definition) is 2. The van der Waals surface area contributed by atoms with Gasteiger partial charge in [0, 0.05) is 17.6 Å². The zero-order valence-electron chi connectivity index (χ0n) is 15.0. The highest BCUT2D eigenvalue weighted by Crippen LogP contribution is 2.84. The van der Waals surface area contributed by atoms with E-state index in [1.54, 1.807) is 0 Å². The second-order valence-electron chi connectivity index (χ2n) is 9.50. The van der Waals surface area contributed by atoms with Gasteiger partial charge in [0.25, 0.3) is 5.91 Å². The van der Waals surface area contributed by atoms with Gasteiger partial charge in [-0.05, 0) is 77.7 Å². The van der Waals surface area contributed by atoms with Crippen molar-refractivity contribution in [3.05, 3.63) is 36.5 Å². The van der Waals surface area contributed by atoms with Crippen LogP contribution in [0.1, 0.15) is 12.8 Å². The predicted molar refractivity (Wildman–Crippen MR) is 98.9 cm³/mol. The molecule has 5 heteroatoms. The molecule has 5 nitrogen and oxygen atoms in total. The molecule has 1 aromatic heterocycles. The molecule has 0 aliphatic heterocycles. The molecule has 2 amide bonds. The first-order valence-corrected chi connectivity index (χ1v) is 10.3. The van der Waals surface area contributed by atoms with Crippen molar-refractivity contribution in [2.45, 2.75) is 19.4 Å². The van der Waals surface area contributed by atoms with E-state index >= 15 is 0 Å². The quantitative estimate of drug-likeness (QED) is 0.823. The van der Waals surface area contributed by atoms with Gasteiger partial charge in [0.2, 0.25) is 5.91 Å². The maximum atomic E-state index is 12.9. The Kier molecular flexibility index (Phi) is 2.59. The number of hydrogen-bond acceptors (Lipinski definition) is 2. The molecule has 1 aromatic carbocycles. The highest BCUT2D eigenvalue weighted by atomic mass is 16.2. The van der Waals surface area contributed by atoms with Crippen LogP contribution in [0.4, 0.5) is 0 Å². The summed E-state index contributed by atoms with van der Waals surface area (Å²) in [5.74, 6) is 6.41. The molecule has 0 spiro atoms. The predicted octanol–water partition coefficient (Wildman–Crippen LogP) is 2.18. The summed E-state index contributed by atoms with van der Waals surface area (Å²) in [6.45, 7) is 0.214. The van der Waals surface area contributed by atoms with Crippen molar-refractivity contribution < 1.29 is 9.59 Å². The Morgan fingerprint density at radius 3 is 2.56 bits per heavy atom. The topological polar surface area (TPSA) is 63.1 Å². The van der Waals surface area contributed by atoms with E-state index in [1.807, 2.05) is 41.1 Å². The molecule has 0 saturated heterocycles. The van der Waals surface area contributed by atoms with Gasteiger partial charge in [0.05, 0.1) is 0 Å². The van der Waals surface area contributed by atoms with E-state index in [-0.39, 0.29) is 24.3 Å². The molecule has 0 radical (unpaired) electrons. The molecule has 5 saturated carbocycles. The summed E-state index contributed by atoms with van der Waals surface area (Å²) >= 11 is 0. The molecule has 7 rings (SSSR count). The third kappa shape index (κ3) is 1.63. The van der Waals surface area contributed by atoms with Gasteiger partial charge < -0.3 is 4.57 Å². The fourth-order valence-electron chi connectivity index (χ4n) is 8.51. The Morgan fingerprint density at radius 1 is 0.889 bits per heavy atom. The van der Waals surface area contributed by atoms with E-state index in [4.69, 9.17) is 0 Å². The van der Waals surface area contributed by atoms with Gasteiger partial charge in [-0.1, -0.05) is 18.2 Å². The molecule has 9 unspecified atom stereocenters. The minimum absolute atomic E-state index is 0.0684. The van der Waals surface area contributed by atoms with Crippen LogP contribution in [-0.2, 0) is 16.1 Å². The van der Waals surface area contributed by atoms with E-state index in [9.17, 15) is 9.59 Å². The average Bonchev–Trinajstić information content (AvgIpc) is 3.34. The van der Waals surface area contributed by atoms with Crippen LogP contribution in [0.25, 0.3) is 10.9 Å². The summed E-state index contributed by atoms with van der Waals surface area (Å²) in [7, 11) is 0. The lowest BCUT2D eigenvalue weighted by molar-refractivity contribution is -0.137. The SMILES string of the molecule is O=C(Cn1ccc2ccccc21)NNC(=O)C1C2C3CC4C5C3CC2C5C41. The van der Waals surface area contributed by atoms with E-state index < -0.39 is 0 Å². The monoisotopic (exact) mass is 361 g/mol. The summed E-state index contributed by atoms with van der Waals surface area (Å²) < 4.78 is 1.92. The molecular weight excluding hydrogens is 338 g/mol. The smallest absolute Gasteiger partial charge is 0.258 e. The zero-order chi connectivity index (χ0) is 17.9. The molecule has 5 aliphatic rings. The van der Waals surface area contributed by atoms with Crippen LogP contribution in [0.5, 0.6) is 0 Å². The molecule has 2 aromatic rings. The summed E-state index contributed by atoms with van der Waals surface area (Å²) in [5.41, 5.74) is 6.49. The Hall–Kier alpha value is -2.30. The van der Waals surface area contributed by atoms with Crippen molar-refractivity contribution in [3.63, 3.8) is 0 Å². The Bertz CT molecular complexity index is 990. The molecule has 2 bridgehead atoms. The van der Waals surface area contributed by atoms with Crippen molar-refractivity contribution in [1.29, 1.82) is 0 Å². The van der Waals surface area contributed by atoms with Crippen molar-refractivity contribution in [2.24, 2.45) is 53.3 Å². The number of amides is 2. The highest BCUT2D eigenvalue weighted by Gasteiger charge is 2.81. The first-order valence-electron chi connectivity index (χ1n) is 10.3. The van der Waals surface area contributed by atoms with Gasteiger partial charge in [0.15, 0.2) is 0 Å². The van der Waals surface area contributed by atoms with E-state index in [2.05, 4.69) is 10.9 Å². The Labute approximate surface area is 157 Å². The van der Waals surface area contributed by atoms with Crippen LogP contribution in [0.3, 0.4) is 0 Å². The molecule has 9 atom stereocenters. The number of carbonyl (C=O) groups excluding carboxylic acids is 2. The van der Waals surface area contributed by atoms with E-state index in [0.29, 0.717) is 11.8 Å². The molecule has 5 fully saturated rings. The molecule has 1 heterocycles. The maximum absolute atomic E-state index is 12.9. The zero-order valence-corrected chi connectivity index (χ0v) is 15.0. The largest absolute Gasteiger partial charge is 0.338 e. The Balaban J connectivity index is 1.04. The van der Waals surface area contributed by atoms with Crippen LogP contribution in [-0.4, -0.2) is 16.4 Å². The van der Waals surface area contributed by atoms with Crippen molar-refractivity contribution in [2.75, 3.05) is 0 Å². The Morgan fingerprint density at radius 2 is 1.67 bits per heavy atom. The van der Waals surface area contributed by atoms with E-state index in [0.717, 1.165) is 46.4 Å². The van der Waals surface area contributed by atoms with Crippen molar-refractivity contribution in [3.8, 4) is 0 Å². The summed E-state index contributed by atoms with van der Waals surface area (Å²) in [6.07, 6.45) is 4.68. The summed E-state index contributed by atoms with van der Waals surface area (Å²) in [5, 5.41) is 1.12. The second kappa shape index (κ2) is 4.75. The minimum atomic E-state index is -0.174. The summed E-state index contributed by atoms with van der Waals surface area (Å²) in [6, 6.07) is 10.0. The standard InChI is InChI=1S/C22H23N3O2/c26-16(9-25-6-5-10-3-1-2-4-15(10)25)23-24-22(27)21-18-12-8-13-17-11(12)7-14(18)19(17)20(13)21/h1-6,11-14,17-21H,7-9H2,(H,23,26)(H,24,27). The third-order valence-corrected chi connectivity index (χ3v) is 8.95. The molecule has 2 N–H and O–H groups in total. The van der Waals surface area contributed by atoms with Crippen LogP contribution in [0, 0.1) is 53.3 Å². The van der Waals surface area contributed by atoms with Gasteiger partial charge in [-0.2, -0.15) is 0 Å². The minimum Gasteiger partial charge on any atom is -0.338 e. The molecule has 27 heavy (non-hydrogen) atoms. The van der Waals surface area contributed by atoms with Gasteiger partial charge >= 0.3 is 0 Å². The van der Waals surface area contributed by atoms with Gasteiger partial charge in [0.1, 0.15) is 6.54 Å². The number of hydrazine groups is 1. The highest BCUT2D eigenvalue weighted by molar-refractivity contribution is 5.86. The normalized spacial score (nSPS) is 44.1. The molecule has 5 aliphatic carbocycles. The van der Waals surface area contributed by atoms with Crippen LogP contribution < -0.4 is 10.9 Å². The first kappa shape index (κ1) is 14.7. The lowest BCUT2D eigenvalue weighted by atomic mass is 9.57. The summed E-state index contributed by atoms with van der Waals surface area (Å²) in [4.78, 5) is 25.3. The second-order valence-corrected chi connectivity index (χ2v) is 9.50. The van der Waals surface area contributed by atoms with Crippen molar-refractivity contribution in [1.82, 2.24) is 15.4 Å². The van der Waals surface area contributed by atoms with Gasteiger partial charge in [-0.15, -0.1) is 0 Å². The van der Waals surface area contributed by atoms with Crippen LogP contribution in [0.15, 0.2) is 36.5 Å². The van der Waals surface area contributed by atoms with E-state index in [1.165, 1.54) is 12.8 Å². The third-order valence-electron chi connectivity index (χ3n) is 8.95. The fourth-order valence-corrected chi connectivity index (χ4v) is 8.51. The number of fused-ring (bicyclic) bond motifs is 3. The van der Waals surface area contributed by atoms with Crippen LogP contribution >= 0.6 is 0 Å². The number of nitrogens with one attached hydrogen (secondary N) is 2. The van der Waals surface area contributed by atoms with Gasteiger partial charge in [-0.25, -0.2) is 0 Å². The number of carbonyl (C=O) groups is 2. The van der Waals surface area contributed by atoms with Crippen LogP contribution in [0.2, 0.25) is 0 Å². The fraction of sp³-hybridized carbons (Fsp3) is 0.545. The number of nitrogens with zero attached hydrogens (tertiary/aromatic N) is 1. The maximum Gasteiger partial charge on any atom is 0.258 e. The van der Waals surface area contributed by atoms with Crippen molar-refractivity contribution >= 4 is 22.7 Å². The number of rotatable bonds is 3. The number of para-hydroxylation sites is 1.